The van der Waals surface area contributed by atoms with Gasteiger partial charge in [0.2, 0.25) is 0 Å². The molecule has 30 heavy (non-hydrogen) atoms. The van der Waals surface area contributed by atoms with Gasteiger partial charge in [-0.1, -0.05) is 41.9 Å². The number of nitrogens with zero attached hydrogens (tertiary/aromatic N) is 1. The van der Waals surface area contributed by atoms with Gasteiger partial charge in [0.1, 0.15) is 12.4 Å². The molecule has 0 aromatic heterocycles. The lowest BCUT2D eigenvalue weighted by Crippen LogP contribution is -2.24. The van der Waals surface area contributed by atoms with Gasteiger partial charge in [0, 0.05) is 18.4 Å². The molecule has 1 atom stereocenters. The number of aryl methyl sites for hydroxylation is 2. The Morgan fingerprint density at radius 1 is 1.27 bits per heavy atom. The first-order valence-electron chi connectivity index (χ1n) is 10.5. The van der Waals surface area contributed by atoms with Crippen LogP contribution in [0.3, 0.4) is 0 Å². The van der Waals surface area contributed by atoms with Crippen LogP contribution in [0, 0.1) is 20.8 Å². The van der Waals surface area contributed by atoms with E-state index in [2.05, 4.69) is 44.1 Å². The topological polar surface area (TPSA) is 58.9 Å². The van der Waals surface area contributed by atoms with E-state index in [0.29, 0.717) is 30.5 Å². The number of hydrogen-bond acceptors (Lipinski definition) is 4. The highest BCUT2D eigenvalue weighted by atomic mass is 35.5. The molecule has 1 unspecified atom stereocenters. The van der Waals surface area contributed by atoms with Gasteiger partial charge in [-0.15, -0.1) is 0 Å². The van der Waals surface area contributed by atoms with Crippen LogP contribution in [-0.4, -0.2) is 23.2 Å². The maximum absolute atomic E-state index is 13.0. The first-order valence-corrected chi connectivity index (χ1v) is 10.9. The number of oxime groups is 1. The van der Waals surface area contributed by atoms with Crippen molar-refractivity contribution in [2.45, 2.75) is 66.2 Å². The molecule has 1 aromatic rings. The second kappa shape index (κ2) is 11.2. The predicted molar refractivity (Wildman–Crippen MR) is 124 cm³/mol. The number of halogens is 1. The summed E-state index contributed by atoms with van der Waals surface area (Å²) in [4.78, 5) is 18.2. The summed E-state index contributed by atoms with van der Waals surface area (Å²) in [5, 5.41) is 14.9. The third kappa shape index (κ3) is 5.42. The summed E-state index contributed by atoms with van der Waals surface area (Å²) in [5.74, 6) is -0.0256. The van der Waals surface area contributed by atoms with Gasteiger partial charge >= 0.3 is 0 Å². The Bertz CT molecular complexity index is 909. The normalized spacial score (nSPS) is 18.1. The molecule has 0 saturated heterocycles. The lowest BCUT2D eigenvalue weighted by atomic mass is 9.76. The molecule has 0 fully saturated rings. The molecular weight excluding hydrogens is 398 g/mol. The number of rotatable bonds is 8. The second-order valence-electron chi connectivity index (χ2n) is 7.70. The van der Waals surface area contributed by atoms with Crippen LogP contribution in [0.25, 0.3) is 0 Å². The highest BCUT2D eigenvalue weighted by Gasteiger charge is 2.33. The van der Waals surface area contributed by atoms with Gasteiger partial charge in [-0.05, 0) is 80.3 Å². The molecule has 162 valence electrons. The summed E-state index contributed by atoms with van der Waals surface area (Å²) in [6.07, 6.45) is 7.97. The molecule has 1 aliphatic rings. The highest BCUT2D eigenvalue weighted by molar-refractivity contribution is 6.25. The van der Waals surface area contributed by atoms with Crippen molar-refractivity contribution in [1.82, 2.24) is 0 Å². The van der Waals surface area contributed by atoms with Gasteiger partial charge in [0.05, 0.1) is 11.3 Å². The van der Waals surface area contributed by atoms with Gasteiger partial charge in [-0.3, -0.25) is 4.79 Å². The molecule has 0 heterocycles. The van der Waals surface area contributed by atoms with Gasteiger partial charge in [0.15, 0.2) is 5.78 Å². The van der Waals surface area contributed by atoms with Crippen molar-refractivity contribution in [3.8, 4) is 0 Å². The quantitative estimate of drug-likeness (QED) is 0.221. The molecule has 1 aromatic carbocycles. The zero-order chi connectivity index (χ0) is 22.3. The Balaban J connectivity index is 2.40. The third-order valence-corrected chi connectivity index (χ3v) is 5.83. The molecule has 5 heteroatoms. The molecular formula is C25H32ClNO3. The smallest absolute Gasteiger partial charge is 0.168 e. The zero-order valence-electron chi connectivity index (χ0n) is 18.6. The largest absolute Gasteiger partial charge is 0.511 e. The number of hydrogen-bond donors (Lipinski definition) is 1. The van der Waals surface area contributed by atoms with E-state index in [4.69, 9.17) is 16.4 Å². The van der Waals surface area contributed by atoms with Crippen LogP contribution in [0.15, 0.2) is 46.3 Å². The monoisotopic (exact) mass is 429 g/mol. The van der Waals surface area contributed by atoms with E-state index in [1.54, 1.807) is 6.08 Å². The van der Waals surface area contributed by atoms with Crippen LogP contribution in [-0.2, 0) is 16.1 Å². The van der Waals surface area contributed by atoms with Gasteiger partial charge < -0.3 is 9.94 Å². The minimum absolute atomic E-state index is 0.0376. The summed E-state index contributed by atoms with van der Waals surface area (Å²) < 4.78 is 0. The molecule has 2 rings (SSSR count). The van der Waals surface area contributed by atoms with Gasteiger partial charge in [-0.25, -0.2) is 0 Å². The number of carbonyl (C=O) groups is 1. The average Bonchev–Trinajstić information content (AvgIpc) is 2.68. The average molecular weight is 430 g/mol. The molecule has 1 N–H and O–H groups in total. The van der Waals surface area contributed by atoms with Gasteiger partial charge in [0.25, 0.3) is 0 Å². The van der Waals surface area contributed by atoms with E-state index in [-0.39, 0.29) is 24.1 Å². The van der Waals surface area contributed by atoms with Crippen molar-refractivity contribution in [1.29, 1.82) is 0 Å². The molecule has 0 saturated carbocycles. The zero-order valence-corrected chi connectivity index (χ0v) is 19.3. The van der Waals surface area contributed by atoms with Crippen LogP contribution < -0.4 is 0 Å². The fourth-order valence-electron chi connectivity index (χ4n) is 4.33. The fraction of sp³-hybridized carbons (Fsp3) is 0.440. The Morgan fingerprint density at radius 2 is 2.00 bits per heavy atom. The highest BCUT2D eigenvalue weighted by Crippen LogP contribution is 2.39. The Labute approximate surface area is 185 Å². The number of allylic oxidation sites excluding steroid dienone is 4. The molecule has 0 aliphatic heterocycles. The van der Waals surface area contributed by atoms with Crippen molar-refractivity contribution < 1.29 is 14.7 Å². The predicted octanol–water partition coefficient (Wildman–Crippen LogP) is 6.52. The van der Waals surface area contributed by atoms with E-state index >= 15 is 0 Å². The van der Waals surface area contributed by atoms with Crippen molar-refractivity contribution >= 4 is 23.1 Å². The SMILES string of the molecule is C/C=C/Cc1c(C)cc(C)c(C2CC(=O)C(/C(CC)=N\OC/C=C/Cl)=C(O)C2)c1C. The van der Waals surface area contributed by atoms with E-state index in [1.165, 1.54) is 33.4 Å². The summed E-state index contributed by atoms with van der Waals surface area (Å²) >= 11 is 5.48. The van der Waals surface area contributed by atoms with Crippen molar-refractivity contribution in [2.24, 2.45) is 5.16 Å². The number of aliphatic hydroxyl groups is 1. The second-order valence-corrected chi connectivity index (χ2v) is 7.95. The minimum atomic E-state index is -0.0878. The Morgan fingerprint density at radius 3 is 2.60 bits per heavy atom. The van der Waals surface area contributed by atoms with Crippen molar-refractivity contribution in [3.63, 3.8) is 0 Å². The summed E-state index contributed by atoms with van der Waals surface area (Å²) in [6, 6.07) is 2.19. The van der Waals surface area contributed by atoms with E-state index < -0.39 is 0 Å². The number of Topliss-reactive ketones (excluding diaryl/α,β-unsaturated/α-hetero) is 1. The molecule has 1 aliphatic carbocycles. The number of aliphatic hydroxyl groups excluding tert-OH is 1. The van der Waals surface area contributed by atoms with E-state index in [0.717, 1.165) is 6.42 Å². The third-order valence-electron chi connectivity index (χ3n) is 5.65. The van der Waals surface area contributed by atoms with Crippen LogP contribution in [0.2, 0.25) is 0 Å². The molecule has 0 radical (unpaired) electrons. The summed E-state index contributed by atoms with van der Waals surface area (Å²) in [7, 11) is 0. The maximum atomic E-state index is 13.0. The first kappa shape index (κ1) is 23.9. The Hall–Kier alpha value is -2.33. The van der Waals surface area contributed by atoms with Crippen LogP contribution >= 0.6 is 11.6 Å². The van der Waals surface area contributed by atoms with E-state index in [9.17, 15) is 9.90 Å². The minimum Gasteiger partial charge on any atom is -0.511 e. The van der Waals surface area contributed by atoms with Crippen LogP contribution in [0.1, 0.15) is 66.8 Å². The van der Waals surface area contributed by atoms with Crippen LogP contribution in [0.4, 0.5) is 0 Å². The lowest BCUT2D eigenvalue weighted by Gasteiger charge is -2.28. The standard InChI is InChI=1S/C25H32ClNO3/c1-6-8-10-20-16(3)13-17(4)24(18(20)5)19-14-22(28)25(23(29)15-19)21(7-2)27-30-12-9-11-26/h6,8-9,11,13,19,28H,7,10,12,14-15H2,1-5H3/b8-6+,11-9+,27-21-. The molecule has 0 amide bonds. The molecule has 0 bridgehead atoms. The van der Waals surface area contributed by atoms with Crippen molar-refractivity contribution in [3.05, 3.63) is 69.0 Å². The molecule has 4 nitrogen and oxygen atoms in total. The van der Waals surface area contributed by atoms with E-state index in [1.807, 2.05) is 13.8 Å². The number of benzene rings is 1. The first-order chi connectivity index (χ1) is 14.3. The number of ketones is 1. The van der Waals surface area contributed by atoms with Gasteiger partial charge in [-0.2, -0.15) is 0 Å². The maximum Gasteiger partial charge on any atom is 0.168 e. The fourth-order valence-corrected chi connectivity index (χ4v) is 4.40. The lowest BCUT2D eigenvalue weighted by molar-refractivity contribution is -0.116. The summed E-state index contributed by atoms with van der Waals surface area (Å²) in [5.41, 5.74) is 8.27. The Kier molecular flexibility index (Phi) is 8.91. The van der Waals surface area contributed by atoms with Crippen molar-refractivity contribution in [2.75, 3.05) is 6.61 Å². The molecule has 0 spiro atoms. The van der Waals surface area contributed by atoms with Crippen LogP contribution in [0.5, 0.6) is 0 Å². The number of carbonyl (C=O) groups excluding carboxylic acids is 1. The summed E-state index contributed by atoms with van der Waals surface area (Å²) in [6.45, 7) is 10.5.